The van der Waals surface area contributed by atoms with Gasteiger partial charge < -0.3 is 40.3 Å². The zero-order chi connectivity index (χ0) is 26.4. The number of nitrogens with zero attached hydrogens (tertiary/aromatic N) is 3. The summed E-state index contributed by atoms with van der Waals surface area (Å²) >= 11 is 0. The van der Waals surface area contributed by atoms with Crippen molar-refractivity contribution in [2.45, 2.75) is 31.0 Å². The van der Waals surface area contributed by atoms with Crippen LogP contribution < -0.4 is 11.3 Å². The van der Waals surface area contributed by atoms with Gasteiger partial charge in [-0.05, 0) is 6.92 Å². The first-order chi connectivity index (χ1) is 16.0. The number of fused-ring (bicyclic) bond motifs is 1. The molecule has 9 N–H and O–H groups in total. The Hall–Kier alpha value is -2.00. The molecule has 22 heteroatoms. The molecule has 3 unspecified atom stereocenters. The fourth-order valence-electron chi connectivity index (χ4n) is 3.10. The van der Waals surface area contributed by atoms with Crippen LogP contribution in [0.4, 0.5) is 5.95 Å². The predicted molar refractivity (Wildman–Crippen MR) is 111 cm³/mol. The first-order valence-corrected chi connectivity index (χ1v) is 13.5. The zero-order valence-corrected chi connectivity index (χ0v) is 19.9. The highest BCUT2D eigenvalue weighted by Crippen LogP contribution is 2.66. The van der Waals surface area contributed by atoms with E-state index in [9.17, 15) is 38.5 Å². The lowest BCUT2D eigenvalue weighted by atomic mass is 9.94. The number of aliphatic hydroxyl groups excluding tert-OH is 1. The minimum atomic E-state index is -5.78. The summed E-state index contributed by atoms with van der Waals surface area (Å²) in [7, 11) is -16.9. The summed E-state index contributed by atoms with van der Waals surface area (Å²) in [5.74, 6) is 4.39. The van der Waals surface area contributed by atoms with E-state index in [-0.39, 0.29) is 17.1 Å². The number of aliphatic hydroxyl groups is 2. The van der Waals surface area contributed by atoms with Crippen LogP contribution in [-0.4, -0.2) is 73.7 Å². The summed E-state index contributed by atoms with van der Waals surface area (Å²) in [5.41, 5.74) is 2.00. The molecule has 194 valence electrons. The molecule has 35 heavy (non-hydrogen) atoms. The number of hydrogen-bond acceptors (Lipinski definition) is 13. The Bertz CT molecular complexity index is 1390. The van der Waals surface area contributed by atoms with Crippen molar-refractivity contribution in [2.75, 3.05) is 12.3 Å². The van der Waals surface area contributed by atoms with E-state index in [1.807, 2.05) is 0 Å². The average molecular weight is 561 g/mol. The first kappa shape index (κ1) is 27.6. The monoisotopic (exact) mass is 561 g/mol. The van der Waals surface area contributed by atoms with Gasteiger partial charge in [-0.25, -0.2) is 18.7 Å². The summed E-state index contributed by atoms with van der Waals surface area (Å²) in [5, 5.41) is 21.7. The maximum Gasteiger partial charge on any atom is 0.490 e. The summed E-state index contributed by atoms with van der Waals surface area (Å²) in [4.78, 5) is 57.9. The van der Waals surface area contributed by atoms with Gasteiger partial charge in [-0.2, -0.15) is 13.6 Å². The van der Waals surface area contributed by atoms with Gasteiger partial charge in [-0.1, -0.05) is 5.92 Å². The molecule has 1 aliphatic heterocycles. The first-order valence-electron chi connectivity index (χ1n) is 8.98. The largest absolute Gasteiger partial charge is 0.490 e. The molecule has 0 spiro atoms. The van der Waals surface area contributed by atoms with Crippen LogP contribution in [0, 0.1) is 11.8 Å². The van der Waals surface area contributed by atoms with Crippen molar-refractivity contribution in [3.05, 3.63) is 16.7 Å². The summed E-state index contributed by atoms with van der Waals surface area (Å²) < 4.78 is 52.3. The van der Waals surface area contributed by atoms with Gasteiger partial charge in [0.25, 0.3) is 5.56 Å². The van der Waals surface area contributed by atoms with Crippen molar-refractivity contribution in [3.63, 3.8) is 0 Å². The summed E-state index contributed by atoms with van der Waals surface area (Å²) in [6.45, 7) is 0.228. The molecule has 3 rings (SSSR count). The second-order valence-electron chi connectivity index (χ2n) is 6.83. The minimum absolute atomic E-state index is 0.173. The van der Waals surface area contributed by atoms with Gasteiger partial charge in [0.1, 0.15) is 12.2 Å². The molecular weight excluding hydrogens is 543 g/mol. The number of ether oxygens (including phenoxy) is 1. The molecule has 19 nitrogen and oxygen atoms in total. The lowest BCUT2D eigenvalue weighted by Crippen LogP contribution is -2.46. The Morgan fingerprint density at radius 1 is 1.26 bits per heavy atom. The van der Waals surface area contributed by atoms with Crippen molar-refractivity contribution >= 4 is 40.6 Å². The van der Waals surface area contributed by atoms with E-state index < -0.39 is 59.7 Å². The van der Waals surface area contributed by atoms with E-state index in [1.54, 1.807) is 0 Å². The summed E-state index contributed by atoms with van der Waals surface area (Å²) in [6, 6.07) is 0. The minimum Gasteiger partial charge on any atom is -0.386 e. The van der Waals surface area contributed by atoms with Crippen LogP contribution in [0.5, 0.6) is 0 Å². The molecule has 0 aliphatic carbocycles. The number of rotatable bonds is 8. The number of phosphoric ester groups is 1. The van der Waals surface area contributed by atoms with Gasteiger partial charge in [-0.3, -0.25) is 18.9 Å². The van der Waals surface area contributed by atoms with E-state index in [0.717, 1.165) is 10.9 Å². The topological polar surface area (TPSA) is 299 Å². The molecular formula is C13H18N5O14P3. The second kappa shape index (κ2) is 9.47. The Balaban J connectivity index is 1.87. The van der Waals surface area contributed by atoms with Crippen LogP contribution in [0.3, 0.4) is 0 Å². The predicted octanol–water partition coefficient (Wildman–Crippen LogP) is -1.94. The van der Waals surface area contributed by atoms with Crippen molar-refractivity contribution in [1.29, 1.82) is 0 Å². The van der Waals surface area contributed by atoms with Crippen LogP contribution >= 0.6 is 23.5 Å². The number of hydrogen-bond donors (Lipinski definition) is 8. The zero-order valence-electron chi connectivity index (χ0n) is 17.2. The quantitative estimate of drug-likeness (QED) is 0.128. The van der Waals surface area contributed by atoms with E-state index in [2.05, 4.69) is 39.9 Å². The molecule has 2 aromatic heterocycles. The van der Waals surface area contributed by atoms with Crippen molar-refractivity contribution in [2.24, 2.45) is 0 Å². The Kier molecular flexibility index (Phi) is 7.46. The maximum atomic E-state index is 12.0. The van der Waals surface area contributed by atoms with Crippen LogP contribution in [0.1, 0.15) is 13.2 Å². The molecule has 0 saturated carbocycles. The highest BCUT2D eigenvalue weighted by molar-refractivity contribution is 7.66. The standard InChI is InChI=1S/C13H18N5O14P3/c1-2-3-13(21)8(19)6(4-29-34(25,26)32-35(27,28)31-33(22,23)24)30-11(13)18-5-15-7-9(18)16-12(14)17-10(7)20/h5-6,8,11,19,21H,4H2,1H3,(H,25,26)(H,27,28)(H2,22,23,24)(H3,14,16,17,20)/t6-,8+,11-,13?/m1/s1. The van der Waals surface area contributed by atoms with E-state index >= 15 is 0 Å². The maximum absolute atomic E-state index is 12.0. The number of aromatic nitrogens is 4. The van der Waals surface area contributed by atoms with Crippen molar-refractivity contribution < 1.29 is 61.4 Å². The number of nitrogens with one attached hydrogen (secondary N) is 1. The van der Waals surface area contributed by atoms with Gasteiger partial charge in [0.15, 0.2) is 23.0 Å². The SMILES string of the molecule is CC#CC1(O)[C@@H](O)[C@@H](COP(=O)(O)OP(=O)(O)OP(=O)(O)O)O[C@H]1n1cnc2c(=O)[nH]c(N)nc21. The molecule has 6 atom stereocenters. The molecule has 0 amide bonds. The molecule has 0 radical (unpaired) electrons. The number of imidazole rings is 1. The highest BCUT2D eigenvalue weighted by Gasteiger charge is 2.57. The van der Waals surface area contributed by atoms with Crippen LogP contribution in [0.25, 0.3) is 11.2 Å². The molecule has 1 fully saturated rings. The van der Waals surface area contributed by atoms with Gasteiger partial charge in [0, 0.05) is 0 Å². The molecule has 2 aromatic rings. The normalized spacial score (nSPS) is 28.3. The Morgan fingerprint density at radius 2 is 1.91 bits per heavy atom. The third-order valence-corrected chi connectivity index (χ3v) is 8.13. The van der Waals surface area contributed by atoms with E-state index in [4.69, 9.17) is 20.3 Å². The molecule has 3 heterocycles. The smallest absolute Gasteiger partial charge is 0.386 e. The van der Waals surface area contributed by atoms with Gasteiger partial charge >= 0.3 is 23.5 Å². The Labute approximate surface area is 193 Å². The van der Waals surface area contributed by atoms with Gasteiger partial charge in [0.05, 0.1) is 12.9 Å². The van der Waals surface area contributed by atoms with E-state index in [0.29, 0.717) is 0 Å². The third kappa shape index (κ3) is 6.05. The lowest BCUT2D eigenvalue weighted by molar-refractivity contribution is -0.0718. The Morgan fingerprint density at radius 3 is 2.51 bits per heavy atom. The van der Waals surface area contributed by atoms with E-state index in [1.165, 1.54) is 6.92 Å². The molecule has 0 aromatic carbocycles. The van der Waals surface area contributed by atoms with Crippen molar-refractivity contribution in [1.82, 2.24) is 19.5 Å². The number of H-pyrrole nitrogens is 1. The van der Waals surface area contributed by atoms with Gasteiger partial charge in [-0.15, -0.1) is 5.92 Å². The van der Waals surface area contributed by atoms with Gasteiger partial charge in [0.2, 0.25) is 5.95 Å². The number of aromatic amines is 1. The lowest BCUT2D eigenvalue weighted by Gasteiger charge is -2.26. The average Bonchev–Trinajstić information content (AvgIpc) is 3.17. The second-order valence-corrected chi connectivity index (χ2v) is 11.3. The number of nitrogen functional groups attached to an aromatic ring is 1. The third-order valence-electron chi connectivity index (χ3n) is 4.33. The highest BCUT2D eigenvalue weighted by atomic mass is 31.3. The number of nitrogens with two attached hydrogens (primary N) is 1. The van der Waals surface area contributed by atoms with Crippen molar-refractivity contribution in [3.8, 4) is 11.8 Å². The van der Waals surface area contributed by atoms with Crippen LogP contribution in [-0.2, 0) is 31.6 Å². The molecule has 0 bridgehead atoms. The fraction of sp³-hybridized carbons (Fsp3) is 0.462. The van der Waals surface area contributed by atoms with Crippen LogP contribution in [0.15, 0.2) is 11.1 Å². The molecule has 1 saturated heterocycles. The number of anilines is 1. The fourth-order valence-corrected chi connectivity index (χ4v) is 6.13. The van der Waals surface area contributed by atoms with Crippen LogP contribution in [0.2, 0.25) is 0 Å². The number of phosphoric acid groups is 3. The molecule has 1 aliphatic rings. The summed E-state index contributed by atoms with van der Waals surface area (Å²) in [6.07, 6.45) is -4.22.